The predicted octanol–water partition coefficient (Wildman–Crippen LogP) is 2.94. The van der Waals surface area contributed by atoms with E-state index < -0.39 is 6.09 Å². The highest BCUT2D eigenvalue weighted by molar-refractivity contribution is 5.82. The van der Waals surface area contributed by atoms with Crippen molar-refractivity contribution >= 4 is 11.9 Å². The van der Waals surface area contributed by atoms with Crippen LogP contribution in [0.3, 0.4) is 0 Å². The smallest absolute Gasteiger partial charge is 0.410 e. The molecule has 0 aromatic carbocycles. The first-order valence-corrected chi connectivity index (χ1v) is 6.92. The van der Waals surface area contributed by atoms with Crippen molar-refractivity contribution in [3.8, 4) is 17.4 Å². The van der Waals surface area contributed by atoms with Crippen LogP contribution in [0.1, 0.15) is 17.1 Å². The number of amides is 1. The Hall–Kier alpha value is -3.16. The van der Waals surface area contributed by atoms with Crippen LogP contribution >= 0.6 is 0 Å². The van der Waals surface area contributed by atoms with Gasteiger partial charge in [-0.05, 0) is 39.0 Å². The number of carboxylic acid groups (broad SMARTS) is 1. The number of nitrogens with one attached hydrogen (secondary N) is 1. The molecule has 8 nitrogen and oxygen atoms in total. The maximum absolute atomic E-state index is 10.9. The van der Waals surface area contributed by atoms with Crippen molar-refractivity contribution < 1.29 is 14.3 Å². The fraction of sp³-hybridized carbons (Fsp3) is 0.200. The van der Waals surface area contributed by atoms with E-state index in [0.717, 1.165) is 11.4 Å². The molecule has 0 fully saturated rings. The van der Waals surface area contributed by atoms with Gasteiger partial charge in [0.25, 0.3) is 0 Å². The third-order valence-electron chi connectivity index (χ3n) is 3.13. The molecule has 0 radical (unpaired) electrons. The highest BCUT2D eigenvalue weighted by atomic mass is 16.4. The van der Waals surface area contributed by atoms with E-state index in [1.165, 1.54) is 6.07 Å². The van der Waals surface area contributed by atoms with Gasteiger partial charge in [0.05, 0.1) is 5.69 Å². The number of aryl methyl sites for hydroxylation is 3. The van der Waals surface area contributed by atoms with Crippen LogP contribution in [-0.4, -0.2) is 30.9 Å². The van der Waals surface area contributed by atoms with Crippen molar-refractivity contribution in [1.29, 1.82) is 0 Å². The molecule has 0 saturated carbocycles. The molecule has 1 amide bonds. The molecular formula is C15H15N5O3. The Morgan fingerprint density at radius 3 is 2.57 bits per heavy atom. The van der Waals surface area contributed by atoms with Crippen molar-refractivity contribution in [2.75, 3.05) is 5.32 Å². The van der Waals surface area contributed by atoms with E-state index >= 15 is 0 Å². The molecule has 0 unspecified atom stereocenters. The molecule has 0 aliphatic carbocycles. The molecular weight excluding hydrogens is 298 g/mol. The Morgan fingerprint density at radius 2 is 2.00 bits per heavy atom. The lowest BCUT2D eigenvalue weighted by Gasteiger charge is -2.08. The Kier molecular flexibility index (Phi) is 3.57. The number of furan rings is 1. The standard InChI is InChI=1S/C15H15N5O3/c1-8-6-9(2)20(19-8)13-7-12(17-15(21)22)16-14(18-13)11-5-4-10(3)23-11/h4-7H,1-3H3,(H,21,22)(H,16,17,18). The summed E-state index contributed by atoms with van der Waals surface area (Å²) < 4.78 is 7.15. The van der Waals surface area contributed by atoms with E-state index in [1.807, 2.05) is 26.8 Å². The molecule has 0 aliphatic rings. The first-order chi connectivity index (χ1) is 10.9. The maximum Gasteiger partial charge on any atom is 0.410 e. The third-order valence-corrected chi connectivity index (χ3v) is 3.13. The molecule has 3 aromatic rings. The first kappa shape index (κ1) is 14.8. The third kappa shape index (κ3) is 3.05. The summed E-state index contributed by atoms with van der Waals surface area (Å²) in [6, 6.07) is 6.95. The van der Waals surface area contributed by atoms with Gasteiger partial charge >= 0.3 is 6.09 Å². The van der Waals surface area contributed by atoms with E-state index in [1.54, 1.807) is 16.8 Å². The van der Waals surface area contributed by atoms with Crippen LogP contribution in [-0.2, 0) is 0 Å². The van der Waals surface area contributed by atoms with Gasteiger partial charge in [-0.25, -0.2) is 19.4 Å². The van der Waals surface area contributed by atoms with Gasteiger partial charge < -0.3 is 9.52 Å². The number of anilines is 1. The van der Waals surface area contributed by atoms with Gasteiger partial charge in [0.1, 0.15) is 11.6 Å². The van der Waals surface area contributed by atoms with Gasteiger partial charge in [0, 0.05) is 11.8 Å². The number of rotatable bonds is 3. The van der Waals surface area contributed by atoms with Crippen LogP contribution in [0.15, 0.2) is 28.7 Å². The van der Waals surface area contributed by atoms with Crippen LogP contribution in [0.5, 0.6) is 0 Å². The zero-order valence-electron chi connectivity index (χ0n) is 12.9. The SMILES string of the molecule is Cc1cc(C)n(-c2cc(NC(=O)O)nc(-c3ccc(C)o3)n2)n1. The summed E-state index contributed by atoms with van der Waals surface area (Å²) in [5.74, 6) is 2.07. The molecule has 2 N–H and O–H groups in total. The van der Waals surface area contributed by atoms with Crippen LogP contribution in [0.4, 0.5) is 10.6 Å². The average molecular weight is 313 g/mol. The number of carbonyl (C=O) groups is 1. The van der Waals surface area contributed by atoms with Crippen LogP contribution in [0.25, 0.3) is 17.4 Å². The number of hydrogen-bond donors (Lipinski definition) is 2. The zero-order valence-corrected chi connectivity index (χ0v) is 12.9. The Labute approximate surface area is 131 Å². The van der Waals surface area contributed by atoms with Gasteiger partial charge in [-0.2, -0.15) is 5.10 Å². The molecule has 118 valence electrons. The predicted molar refractivity (Wildman–Crippen MR) is 82.7 cm³/mol. The van der Waals surface area contributed by atoms with Gasteiger partial charge in [-0.1, -0.05) is 0 Å². The second kappa shape index (κ2) is 5.56. The molecule has 23 heavy (non-hydrogen) atoms. The fourth-order valence-electron chi connectivity index (χ4n) is 2.24. The highest BCUT2D eigenvalue weighted by Gasteiger charge is 2.14. The van der Waals surface area contributed by atoms with Crippen LogP contribution in [0, 0.1) is 20.8 Å². The summed E-state index contributed by atoms with van der Waals surface area (Å²) in [5.41, 5.74) is 1.72. The minimum absolute atomic E-state index is 0.152. The number of nitrogens with zero attached hydrogens (tertiary/aromatic N) is 4. The molecule has 3 aromatic heterocycles. The van der Waals surface area contributed by atoms with Crippen molar-refractivity contribution in [3.05, 3.63) is 41.4 Å². The van der Waals surface area contributed by atoms with E-state index in [-0.39, 0.29) is 11.6 Å². The molecule has 3 rings (SSSR count). The molecule has 0 bridgehead atoms. The van der Waals surface area contributed by atoms with E-state index in [2.05, 4.69) is 20.4 Å². The minimum Gasteiger partial charge on any atom is -0.465 e. The zero-order chi connectivity index (χ0) is 16.6. The normalized spacial score (nSPS) is 10.7. The Morgan fingerprint density at radius 1 is 1.22 bits per heavy atom. The molecule has 3 heterocycles. The van der Waals surface area contributed by atoms with Gasteiger partial charge in [-0.3, -0.25) is 5.32 Å². The topological polar surface area (TPSA) is 106 Å². The molecule has 0 atom stereocenters. The lowest BCUT2D eigenvalue weighted by atomic mass is 10.4. The molecule has 0 aliphatic heterocycles. The first-order valence-electron chi connectivity index (χ1n) is 6.92. The summed E-state index contributed by atoms with van der Waals surface area (Å²) in [5, 5.41) is 15.5. The molecule has 8 heteroatoms. The lowest BCUT2D eigenvalue weighted by Crippen LogP contribution is -2.12. The molecule has 0 saturated heterocycles. The van der Waals surface area contributed by atoms with Crippen molar-refractivity contribution in [2.45, 2.75) is 20.8 Å². The Bertz CT molecular complexity index is 881. The van der Waals surface area contributed by atoms with Gasteiger partial charge in [0.2, 0.25) is 0 Å². The fourth-order valence-corrected chi connectivity index (χ4v) is 2.24. The van der Waals surface area contributed by atoms with Gasteiger partial charge in [-0.15, -0.1) is 0 Å². The molecule has 0 spiro atoms. The van der Waals surface area contributed by atoms with Crippen LogP contribution < -0.4 is 5.32 Å². The summed E-state index contributed by atoms with van der Waals surface area (Å²) >= 11 is 0. The van der Waals surface area contributed by atoms with E-state index in [4.69, 9.17) is 9.52 Å². The number of hydrogen-bond acceptors (Lipinski definition) is 5. The quantitative estimate of drug-likeness (QED) is 0.770. The number of aromatic nitrogens is 4. The second-order valence-electron chi connectivity index (χ2n) is 5.11. The van der Waals surface area contributed by atoms with E-state index in [9.17, 15) is 4.79 Å². The largest absolute Gasteiger partial charge is 0.465 e. The second-order valence-corrected chi connectivity index (χ2v) is 5.11. The summed E-state index contributed by atoms with van der Waals surface area (Å²) in [6.07, 6.45) is -1.20. The van der Waals surface area contributed by atoms with Crippen molar-refractivity contribution in [3.63, 3.8) is 0 Å². The van der Waals surface area contributed by atoms with Gasteiger partial charge in [0.15, 0.2) is 17.4 Å². The average Bonchev–Trinajstić information content (AvgIpc) is 3.03. The minimum atomic E-state index is -1.20. The summed E-state index contributed by atoms with van der Waals surface area (Å²) in [4.78, 5) is 19.5. The lowest BCUT2D eigenvalue weighted by molar-refractivity contribution is 0.209. The summed E-state index contributed by atoms with van der Waals surface area (Å²) in [7, 11) is 0. The van der Waals surface area contributed by atoms with E-state index in [0.29, 0.717) is 17.3 Å². The highest BCUT2D eigenvalue weighted by Crippen LogP contribution is 2.22. The van der Waals surface area contributed by atoms with Crippen molar-refractivity contribution in [2.24, 2.45) is 0 Å². The van der Waals surface area contributed by atoms with Crippen LogP contribution in [0.2, 0.25) is 0 Å². The van der Waals surface area contributed by atoms with Crippen molar-refractivity contribution in [1.82, 2.24) is 19.7 Å². The Balaban J connectivity index is 2.15. The summed E-state index contributed by atoms with van der Waals surface area (Å²) in [6.45, 7) is 5.58. The maximum atomic E-state index is 10.9. The monoisotopic (exact) mass is 313 g/mol.